The molecule has 0 radical (unpaired) electrons. The van der Waals surface area contributed by atoms with E-state index in [0.29, 0.717) is 50.4 Å². The van der Waals surface area contributed by atoms with E-state index in [1.54, 1.807) is 12.4 Å². The number of aromatic nitrogens is 4. The second-order valence-corrected chi connectivity index (χ2v) is 9.76. The van der Waals surface area contributed by atoms with E-state index in [9.17, 15) is 4.79 Å². The van der Waals surface area contributed by atoms with Crippen LogP contribution < -0.4 is 20.4 Å². The zero-order valence-electron chi connectivity index (χ0n) is 21.5. The van der Waals surface area contributed by atoms with E-state index in [2.05, 4.69) is 37.3 Å². The molecule has 11 nitrogen and oxygen atoms in total. The van der Waals surface area contributed by atoms with Crippen molar-refractivity contribution in [2.45, 2.75) is 38.4 Å². The Morgan fingerprint density at radius 2 is 1.87 bits per heavy atom. The summed E-state index contributed by atoms with van der Waals surface area (Å²) in [5, 5.41) is 5.77. The second kappa shape index (κ2) is 10.9. The van der Waals surface area contributed by atoms with Gasteiger partial charge in [-0.15, -0.1) is 0 Å². The Hall–Kier alpha value is -3.83. The zero-order valence-corrected chi connectivity index (χ0v) is 21.5. The molecule has 2 saturated heterocycles. The van der Waals surface area contributed by atoms with Gasteiger partial charge in [-0.05, 0) is 43.2 Å². The van der Waals surface area contributed by atoms with E-state index in [1.165, 1.54) is 5.56 Å². The van der Waals surface area contributed by atoms with Gasteiger partial charge in [0.1, 0.15) is 5.82 Å². The first-order valence-electron chi connectivity index (χ1n) is 13.2. The number of ether oxygens (including phenoxy) is 2. The molecular weight excluding hydrogens is 484 g/mol. The number of benzene rings is 1. The summed E-state index contributed by atoms with van der Waals surface area (Å²) < 4.78 is 10.9. The molecule has 11 heteroatoms. The number of hydrogen-bond acceptors (Lipinski definition) is 9. The summed E-state index contributed by atoms with van der Waals surface area (Å²) in [6.45, 7) is 6.91. The molecule has 0 saturated carbocycles. The number of anilines is 3. The molecule has 2 aromatic heterocycles. The van der Waals surface area contributed by atoms with Crippen LogP contribution in [0.15, 0.2) is 42.7 Å². The lowest BCUT2D eigenvalue weighted by Gasteiger charge is -2.39. The van der Waals surface area contributed by atoms with Crippen LogP contribution in [-0.4, -0.2) is 77.6 Å². The average Bonchev–Trinajstić information content (AvgIpc) is 2.95. The largest absolute Gasteiger partial charge is 0.377 e. The maximum Gasteiger partial charge on any atom is 0.319 e. The molecule has 3 aromatic rings. The molecule has 5 heterocycles. The summed E-state index contributed by atoms with van der Waals surface area (Å²) in [4.78, 5) is 35.8. The third kappa shape index (κ3) is 5.11. The Morgan fingerprint density at radius 1 is 1.05 bits per heavy atom. The van der Waals surface area contributed by atoms with Crippen LogP contribution in [0.4, 0.5) is 22.2 Å². The average molecular weight is 517 g/mol. The van der Waals surface area contributed by atoms with Gasteiger partial charge in [-0.25, -0.2) is 24.7 Å². The highest BCUT2D eigenvalue weighted by atomic mass is 16.5. The lowest BCUT2D eigenvalue weighted by atomic mass is 10.0. The molecule has 1 atom stereocenters. The van der Waals surface area contributed by atoms with E-state index < -0.39 is 0 Å². The maximum atomic E-state index is 12.2. The molecule has 6 rings (SSSR count). The van der Waals surface area contributed by atoms with Gasteiger partial charge in [-0.1, -0.05) is 6.92 Å². The molecule has 2 amide bonds. The first kappa shape index (κ1) is 24.5. The minimum Gasteiger partial charge on any atom is -0.377 e. The molecule has 0 bridgehead atoms. The molecule has 0 spiro atoms. The van der Waals surface area contributed by atoms with Crippen molar-refractivity contribution in [2.75, 3.05) is 54.6 Å². The van der Waals surface area contributed by atoms with Gasteiger partial charge in [-0.3, -0.25) is 0 Å². The van der Waals surface area contributed by atoms with Crippen molar-refractivity contribution < 1.29 is 14.3 Å². The molecule has 0 unspecified atom stereocenters. The van der Waals surface area contributed by atoms with Crippen molar-refractivity contribution in [2.24, 2.45) is 0 Å². The van der Waals surface area contributed by atoms with Crippen molar-refractivity contribution in [3.8, 4) is 11.4 Å². The number of amides is 2. The van der Waals surface area contributed by atoms with Gasteiger partial charge < -0.3 is 29.9 Å². The van der Waals surface area contributed by atoms with Crippen LogP contribution in [0.25, 0.3) is 11.4 Å². The molecular formula is C27H32N8O3. The van der Waals surface area contributed by atoms with Crippen LogP contribution in [0.5, 0.6) is 0 Å². The molecule has 0 aliphatic carbocycles. The fraction of sp³-hybridized carbons (Fsp3) is 0.444. The number of urea groups is 1. The molecule has 38 heavy (non-hydrogen) atoms. The lowest BCUT2D eigenvalue weighted by molar-refractivity contribution is 0.000735. The smallest absolute Gasteiger partial charge is 0.319 e. The van der Waals surface area contributed by atoms with Crippen molar-refractivity contribution in [3.05, 3.63) is 54.0 Å². The SMILES string of the molecule is CC[C@H]1COCCN1c1nc(-c2ccc(NC(=O)NC3COC3)cc2)nc2c1CCN(c1ncccn1)C2. The molecule has 1 aromatic carbocycles. The van der Waals surface area contributed by atoms with Gasteiger partial charge in [0.25, 0.3) is 0 Å². The van der Waals surface area contributed by atoms with Gasteiger partial charge in [0.05, 0.1) is 50.7 Å². The van der Waals surface area contributed by atoms with Crippen molar-refractivity contribution in [1.82, 2.24) is 25.3 Å². The number of morpholine rings is 1. The van der Waals surface area contributed by atoms with E-state index in [1.807, 2.05) is 30.3 Å². The Balaban J connectivity index is 1.30. The fourth-order valence-corrected chi connectivity index (χ4v) is 5.05. The predicted octanol–water partition coefficient (Wildman–Crippen LogP) is 2.63. The Kier molecular flexibility index (Phi) is 7.02. The van der Waals surface area contributed by atoms with Crippen LogP contribution in [0.3, 0.4) is 0 Å². The highest BCUT2D eigenvalue weighted by molar-refractivity contribution is 5.89. The third-order valence-electron chi connectivity index (χ3n) is 7.22. The quantitative estimate of drug-likeness (QED) is 0.510. The minimum absolute atomic E-state index is 0.0737. The topological polar surface area (TPSA) is 118 Å². The first-order chi connectivity index (χ1) is 18.7. The number of rotatable bonds is 6. The van der Waals surface area contributed by atoms with Crippen LogP contribution in [0, 0.1) is 0 Å². The number of nitrogens with one attached hydrogen (secondary N) is 2. The highest BCUT2D eigenvalue weighted by Crippen LogP contribution is 2.33. The zero-order chi connectivity index (χ0) is 25.9. The summed E-state index contributed by atoms with van der Waals surface area (Å²) in [5.74, 6) is 2.37. The van der Waals surface area contributed by atoms with Gasteiger partial charge in [-0.2, -0.15) is 0 Å². The first-order valence-corrected chi connectivity index (χ1v) is 13.2. The molecule has 2 N–H and O–H groups in total. The van der Waals surface area contributed by atoms with E-state index >= 15 is 0 Å². The molecule has 198 valence electrons. The molecule has 3 aliphatic rings. The number of nitrogens with zero attached hydrogens (tertiary/aromatic N) is 6. The van der Waals surface area contributed by atoms with Crippen molar-refractivity contribution in [1.29, 1.82) is 0 Å². The monoisotopic (exact) mass is 516 g/mol. The highest BCUT2D eigenvalue weighted by Gasteiger charge is 2.30. The lowest BCUT2D eigenvalue weighted by Crippen LogP contribution is -2.49. The van der Waals surface area contributed by atoms with Crippen LogP contribution >= 0.6 is 0 Å². The summed E-state index contributed by atoms with van der Waals surface area (Å²) >= 11 is 0. The summed E-state index contributed by atoms with van der Waals surface area (Å²) in [6.07, 6.45) is 5.34. The van der Waals surface area contributed by atoms with E-state index in [-0.39, 0.29) is 18.1 Å². The number of carbonyl (C=O) groups excluding carboxylic acids is 1. The predicted molar refractivity (Wildman–Crippen MR) is 143 cm³/mol. The van der Waals surface area contributed by atoms with Gasteiger partial charge in [0.2, 0.25) is 5.95 Å². The second-order valence-electron chi connectivity index (χ2n) is 9.76. The van der Waals surface area contributed by atoms with E-state index in [4.69, 9.17) is 19.4 Å². The maximum absolute atomic E-state index is 12.2. The summed E-state index contributed by atoms with van der Waals surface area (Å²) in [5.41, 5.74) is 3.78. The van der Waals surface area contributed by atoms with Gasteiger partial charge in [0, 0.05) is 42.3 Å². The van der Waals surface area contributed by atoms with Gasteiger partial charge in [0.15, 0.2) is 5.82 Å². The minimum atomic E-state index is -0.237. The van der Waals surface area contributed by atoms with Crippen LogP contribution in [0.2, 0.25) is 0 Å². The number of fused-ring (bicyclic) bond motifs is 1. The molecule has 3 aliphatic heterocycles. The fourth-order valence-electron chi connectivity index (χ4n) is 5.05. The van der Waals surface area contributed by atoms with Crippen molar-refractivity contribution >= 4 is 23.5 Å². The standard InChI is InChI=1S/C27H32N8O3/c1-2-21-17-37-13-12-35(21)25-22-8-11-34(26-28-9-3-10-29-26)14-23(22)32-24(33-25)18-4-6-19(7-5-18)30-27(36)31-20-15-38-16-20/h3-7,9-10,20-21H,2,8,11-17H2,1H3,(H2,30,31,36)/t21-/m0/s1. The Labute approximate surface area is 221 Å². The third-order valence-corrected chi connectivity index (χ3v) is 7.22. The van der Waals surface area contributed by atoms with Gasteiger partial charge >= 0.3 is 6.03 Å². The molecule has 2 fully saturated rings. The van der Waals surface area contributed by atoms with E-state index in [0.717, 1.165) is 43.0 Å². The van der Waals surface area contributed by atoms with Crippen LogP contribution in [0.1, 0.15) is 24.6 Å². The number of hydrogen-bond donors (Lipinski definition) is 2. The summed E-state index contributed by atoms with van der Waals surface area (Å²) in [6, 6.07) is 9.59. The number of carbonyl (C=O) groups is 1. The normalized spacial score (nSPS) is 19.4. The Morgan fingerprint density at radius 3 is 2.61 bits per heavy atom. The van der Waals surface area contributed by atoms with Crippen molar-refractivity contribution in [3.63, 3.8) is 0 Å². The Bertz CT molecular complexity index is 1270. The van der Waals surface area contributed by atoms with Crippen LogP contribution in [-0.2, 0) is 22.4 Å². The summed E-state index contributed by atoms with van der Waals surface area (Å²) in [7, 11) is 0.